The Kier molecular flexibility index (Phi) is 7.63. The van der Waals surface area contributed by atoms with E-state index in [1.807, 2.05) is 0 Å². The lowest BCUT2D eigenvalue weighted by Gasteiger charge is -2.30. The van der Waals surface area contributed by atoms with Gasteiger partial charge >= 0.3 is 5.97 Å². The molecule has 1 aromatic rings. The molecule has 1 aliphatic rings. The smallest absolute Gasteiger partial charge is 0.326 e. The number of ether oxygens (including phenoxy) is 1. The molecule has 0 radical (unpaired) electrons. The second-order valence-corrected chi connectivity index (χ2v) is 7.61. The fourth-order valence-electron chi connectivity index (χ4n) is 2.98. The van der Waals surface area contributed by atoms with Crippen molar-refractivity contribution in [2.75, 3.05) is 6.54 Å². The van der Waals surface area contributed by atoms with E-state index in [0.717, 1.165) is 23.7 Å². The molecule has 6 nitrogen and oxygen atoms in total. The molecule has 1 aliphatic carbocycles. The van der Waals surface area contributed by atoms with Crippen molar-refractivity contribution in [3.63, 3.8) is 0 Å². The van der Waals surface area contributed by atoms with E-state index in [4.69, 9.17) is 4.74 Å². The molecule has 0 unspecified atom stereocenters. The highest BCUT2D eigenvalue weighted by Gasteiger charge is 2.26. The van der Waals surface area contributed by atoms with E-state index in [-0.39, 0.29) is 24.4 Å². The predicted molar refractivity (Wildman–Crippen MR) is 102 cm³/mol. The van der Waals surface area contributed by atoms with Gasteiger partial charge in [-0.15, -0.1) is 0 Å². The molecule has 3 atom stereocenters. The molecule has 7 heteroatoms. The summed E-state index contributed by atoms with van der Waals surface area (Å²) in [6, 6.07) is 6.91. The Labute approximate surface area is 162 Å². The third-order valence-electron chi connectivity index (χ3n) is 4.62. The zero-order valence-electron chi connectivity index (χ0n) is 15.1. The monoisotopic (exact) mass is 424 g/mol. The molecule has 0 aliphatic heterocycles. The minimum absolute atomic E-state index is 0.134. The lowest BCUT2D eigenvalue weighted by atomic mass is 9.86. The molecular formula is C19H25BrN2O4. The number of rotatable bonds is 6. The number of hydrogen-bond acceptors (Lipinski definition) is 4. The maximum atomic E-state index is 12.2. The summed E-state index contributed by atoms with van der Waals surface area (Å²) in [5, 5.41) is 5.45. The van der Waals surface area contributed by atoms with E-state index in [2.05, 4.69) is 33.5 Å². The quantitative estimate of drug-likeness (QED) is 0.687. The van der Waals surface area contributed by atoms with Gasteiger partial charge in [0.2, 0.25) is 0 Å². The summed E-state index contributed by atoms with van der Waals surface area (Å²) in [6.45, 7) is 3.38. The highest BCUT2D eigenvalue weighted by atomic mass is 79.9. The van der Waals surface area contributed by atoms with E-state index in [9.17, 15) is 14.4 Å². The zero-order valence-corrected chi connectivity index (χ0v) is 16.7. The third-order valence-corrected chi connectivity index (χ3v) is 5.14. The highest BCUT2D eigenvalue weighted by molar-refractivity contribution is 9.10. The molecule has 0 saturated heterocycles. The summed E-state index contributed by atoms with van der Waals surface area (Å²) in [4.78, 5) is 36.0. The molecule has 2 N–H and O–H groups in total. The number of carbonyl (C=O) groups excluding carboxylic acids is 3. The SMILES string of the molecule is C[C@@H]1CCCC[C@H]1NC(=O)[C@@H](C)OC(=O)CNC(=O)c1ccc(Br)cc1. The Bertz CT molecular complexity index is 647. The van der Waals surface area contributed by atoms with Crippen LogP contribution in [0.5, 0.6) is 0 Å². The number of carbonyl (C=O) groups is 3. The fraction of sp³-hybridized carbons (Fsp3) is 0.526. The summed E-state index contributed by atoms with van der Waals surface area (Å²) in [5.74, 6) is -0.880. The van der Waals surface area contributed by atoms with Crippen LogP contribution in [0.15, 0.2) is 28.7 Å². The average Bonchev–Trinajstić information content (AvgIpc) is 2.62. The number of amides is 2. The van der Waals surface area contributed by atoms with Crippen molar-refractivity contribution in [1.29, 1.82) is 0 Å². The Morgan fingerprint density at radius 1 is 1.19 bits per heavy atom. The normalized spacial score (nSPS) is 20.7. The molecule has 0 bridgehead atoms. The minimum Gasteiger partial charge on any atom is -0.451 e. The van der Waals surface area contributed by atoms with Crippen molar-refractivity contribution >= 4 is 33.7 Å². The van der Waals surface area contributed by atoms with Crippen molar-refractivity contribution in [2.24, 2.45) is 5.92 Å². The van der Waals surface area contributed by atoms with Crippen LogP contribution in [0.3, 0.4) is 0 Å². The Hall–Kier alpha value is -1.89. The lowest BCUT2D eigenvalue weighted by molar-refractivity contribution is -0.154. The molecule has 1 aromatic carbocycles. The summed E-state index contributed by atoms with van der Waals surface area (Å²) in [5.41, 5.74) is 0.443. The van der Waals surface area contributed by atoms with E-state index in [1.165, 1.54) is 13.3 Å². The Balaban J connectivity index is 1.74. The summed E-state index contributed by atoms with van der Waals surface area (Å²) in [7, 11) is 0. The molecule has 1 saturated carbocycles. The van der Waals surface area contributed by atoms with Crippen molar-refractivity contribution < 1.29 is 19.1 Å². The number of halogens is 1. The van der Waals surface area contributed by atoms with E-state index in [0.29, 0.717) is 11.5 Å². The summed E-state index contributed by atoms with van der Waals surface area (Å²) >= 11 is 3.29. The molecule has 0 spiro atoms. The first-order valence-electron chi connectivity index (χ1n) is 8.90. The van der Waals surface area contributed by atoms with Crippen LogP contribution in [0.1, 0.15) is 49.9 Å². The van der Waals surface area contributed by atoms with Gasteiger partial charge in [0, 0.05) is 16.1 Å². The maximum absolute atomic E-state index is 12.2. The highest BCUT2D eigenvalue weighted by Crippen LogP contribution is 2.23. The van der Waals surface area contributed by atoms with Crippen LogP contribution in [0.4, 0.5) is 0 Å². The molecule has 0 aromatic heterocycles. The van der Waals surface area contributed by atoms with Gasteiger partial charge in [-0.25, -0.2) is 0 Å². The van der Waals surface area contributed by atoms with Crippen LogP contribution in [0.2, 0.25) is 0 Å². The first-order valence-corrected chi connectivity index (χ1v) is 9.69. The van der Waals surface area contributed by atoms with Gasteiger partial charge in [0.25, 0.3) is 11.8 Å². The standard InChI is InChI=1S/C19H25BrN2O4/c1-12-5-3-4-6-16(12)22-18(24)13(2)26-17(23)11-21-19(25)14-7-9-15(20)10-8-14/h7-10,12-13,16H,3-6,11H2,1-2H3,(H,21,25)(H,22,24)/t12-,13-,16-/m1/s1. The number of esters is 1. The molecule has 1 fully saturated rings. The van der Waals surface area contributed by atoms with Crippen LogP contribution < -0.4 is 10.6 Å². The predicted octanol–water partition coefficient (Wildman–Crippen LogP) is 2.81. The van der Waals surface area contributed by atoms with Gasteiger partial charge < -0.3 is 15.4 Å². The van der Waals surface area contributed by atoms with Crippen molar-refractivity contribution in [3.05, 3.63) is 34.3 Å². The van der Waals surface area contributed by atoms with Crippen LogP contribution in [-0.2, 0) is 14.3 Å². The molecule has 2 rings (SSSR count). The average molecular weight is 425 g/mol. The van der Waals surface area contributed by atoms with Gasteiger partial charge in [0.1, 0.15) is 6.54 Å². The van der Waals surface area contributed by atoms with Gasteiger partial charge in [-0.05, 0) is 49.9 Å². The molecule has 26 heavy (non-hydrogen) atoms. The van der Waals surface area contributed by atoms with Gasteiger partial charge in [-0.1, -0.05) is 35.7 Å². The second kappa shape index (κ2) is 9.71. The van der Waals surface area contributed by atoms with Crippen LogP contribution >= 0.6 is 15.9 Å². The Morgan fingerprint density at radius 3 is 2.50 bits per heavy atom. The van der Waals surface area contributed by atoms with Gasteiger partial charge in [0.05, 0.1) is 0 Å². The van der Waals surface area contributed by atoms with Crippen molar-refractivity contribution in [3.8, 4) is 0 Å². The van der Waals surface area contributed by atoms with E-state index in [1.54, 1.807) is 24.3 Å². The van der Waals surface area contributed by atoms with Crippen molar-refractivity contribution in [1.82, 2.24) is 10.6 Å². The summed E-state index contributed by atoms with van der Waals surface area (Å²) in [6.07, 6.45) is 3.46. The first-order chi connectivity index (χ1) is 12.4. The first kappa shape index (κ1) is 20.4. The maximum Gasteiger partial charge on any atom is 0.326 e. The van der Waals surface area contributed by atoms with Gasteiger partial charge in [-0.2, -0.15) is 0 Å². The van der Waals surface area contributed by atoms with Gasteiger partial charge in [-0.3, -0.25) is 14.4 Å². The Morgan fingerprint density at radius 2 is 1.85 bits per heavy atom. The number of hydrogen-bond donors (Lipinski definition) is 2. The number of benzene rings is 1. The largest absolute Gasteiger partial charge is 0.451 e. The summed E-state index contributed by atoms with van der Waals surface area (Å²) < 4.78 is 5.98. The molecular weight excluding hydrogens is 400 g/mol. The second-order valence-electron chi connectivity index (χ2n) is 6.70. The molecule has 142 valence electrons. The molecule has 0 heterocycles. The van der Waals surface area contributed by atoms with Gasteiger partial charge in [0.15, 0.2) is 6.10 Å². The van der Waals surface area contributed by atoms with Crippen molar-refractivity contribution in [2.45, 2.75) is 51.7 Å². The minimum atomic E-state index is -0.888. The van der Waals surface area contributed by atoms with Crippen LogP contribution in [0, 0.1) is 5.92 Å². The topological polar surface area (TPSA) is 84.5 Å². The lowest BCUT2D eigenvalue weighted by Crippen LogP contribution is -2.46. The fourth-order valence-corrected chi connectivity index (χ4v) is 3.24. The zero-order chi connectivity index (χ0) is 19.1. The van der Waals surface area contributed by atoms with E-state index < -0.39 is 12.1 Å². The third kappa shape index (κ3) is 6.12. The van der Waals surface area contributed by atoms with Crippen LogP contribution in [0.25, 0.3) is 0 Å². The number of nitrogens with one attached hydrogen (secondary N) is 2. The van der Waals surface area contributed by atoms with Crippen LogP contribution in [-0.4, -0.2) is 36.5 Å². The van der Waals surface area contributed by atoms with E-state index >= 15 is 0 Å². The molecule has 2 amide bonds.